The van der Waals surface area contributed by atoms with E-state index < -0.39 is 23.0 Å². The molecule has 0 aliphatic carbocycles. The second-order valence-corrected chi connectivity index (χ2v) is 4.45. The normalized spacial score (nSPS) is 10.9. The summed E-state index contributed by atoms with van der Waals surface area (Å²) in [6.45, 7) is 0. The van der Waals surface area contributed by atoms with E-state index in [1.54, 1.807) is 0 Å². The number of aromatic nitrogens is 3. The minimum Gasteiger partial charge on any atom is -0.396 e. The van der Waals surface area contributed by atoms with Crippen LogP contribution in [0.25, 0.3) is 11.0 Å². The summed E-state index contributed by atoms with van der Waals surface area (Å²) in [5.41, 5.74) is 6.91. The minimum atomic E-state index is -1.11. The number of ketones is 1. The lowest BCUT2D eigenvalue weighted by Gasteiger charge is -2.07. The molecule has 3 rings (SSSR count). The molecule has 1 aromatic carbocycles. The Morgan fingerprint density at radius 3 is 2.77 bits per heavy atom. The number of carbonyl (C=O) groups is 1. The molecular weight excluding hydrogens is 294 g/mol. The lowest BCUT2D eigenvalue weighted by molar-refractivity contribution is 0.103. The van der Waals surface area contributed by atoms with Gasteiger partial charge in [-0.15, -0.1) is 0 Å². The molecule has 0 atom stereocenters. The van der Waals surface area contributed by atoms with Crippen molar-refractivity contribution in [2.24, 2.45) is 5.84 Å². The molecule has 6 N–H and O–H groups in total. The maximum absolute atomic E-state index is 14.0. The summed E-state index contributed by atoms with van der Waals surface area (Å²) in [6.07, 6.45) is 2.51. The molecule has 9 heteroatoms. The van der Waals surface area contributed by atoms with Gasteiger partial charge < -0.3 is 16.1 Å². The number of halogens is 2. The number of H-pyrrole nitrogens is 1. The molecular formula is C13H10F2N6O. The van der Waals surface area contributed by atoms with Crippen molar-refractivity contribution in [3.05, 3.63) is 47.4 Å². The number of benzene rings is 1. The van der Waals surface area contributed by atoms with Crippen molar-refractivity contribution < 1.29 is 13.6 Å². The highest BCUT2D eigenvalue weighted by Crippen LogP contribution is 2.28. The van der Waals surface area contributed by atoms with Crippen LogP contribution in [0.15, 0.2) is 24.7 Å². The average molecular weight is 304 g/mol. The standard InChI is InChI=1S/C13H10F2N6O/c14-6-1-2-7(16)10(15)9(6)11(22)5-3-18-12-8(5)13(21-17)20-4-19-12/h1-4H,16-17H2,(H2,18,19,20,21). The Bertz CT molecular complexity index is 892. The second kappa shape index (κ2) is 5.04. The van der Waals surface area contributed by atoms with Crippen molar-refractivity contribution in [1.82, 2.24) is 15.0 Å². The van der Waals surface area contributed by atoms with E-state index in [1.165, 1.54) is 12.5 Å². The number of rotatable bonds is 3. The number of aromatic amines is 1. The second-order valence-electron chi connectivity index (χ2n) is 4.45. The molecule has 0 fully saturated rings. The summed E-state index contributed by atoms with van der Waals surface area (Å²) >= 11 is 0. The summed E-state index contributed by atoms with van der Waals surface area (Å²) in [4.78, 5) is 23.0. The Morgan fingerprint density at radius 1 is 1.27 bits per heavy atom. The molecule has 0 unspecified atom stereocenters. The largest absolute Gasteiger partial charge is 0.396 e. The van der Waals surface area contributed by atoms with E-state index in [0.29, 0.717) is 5.65 Å². The van der Waals surface area contributed by atoms with E-state index in [9.17, 15) is 13.6 Å². The Balaban J connectivity index is 2.25. The SMILES string of the molecule is NNc1ncnc2[nH]cc(C(=O)c3c(F)ccc(N)c3F)c12. The van der Waals surface area contributed by atoms with Gasteiger partial charge in [0.2, 0.25) is 5.78 Å². The molecule has 0 aliphatic heterocycles. The first kappa shape index (κ1) is 13.9. The van der Waals surface area contributed by atoms with E-state index in [4.69, 9.17) is 11.6 Å². The fraction of sp³-hybridized carbons (Fsp3) is 0. The van der Waals surface area contributed by atoms with Gasteiger partial charge in [-0.2, -0.15) is 0 Å². The van der Waals surface area contributed by atoms with Gasteiger partial charge in [0.05, 0.1) is 22.2 Å². The first-order valence-corrected chi connectivity index (χ1v) is 6.11. The molecule has 0 saturated carbocycles. The summed E-state index contributed by atoms with van der Waals surface area (Å²) in [6, 6.07) is 1.98. The summed E-state index contributed by atoms with van der Waals surface area (Å²) in [7, 11) is 0. The first-order chi connectivity index (χ1) is 10.5. The van der Waals surface area contributed by atoms with Crippen LogP contribution in [0.3, 0.4) is 0 Å². The number of nitrogens with two attached hydrogens (primary N) is 2. The zero-order valence-corrected chi connectivity index (χ0v) is 11.0. The van der Waals surface area contributed by atoms with Crippen LogP contribution in [0.1, 0.15) is 15.9 Å². The zero-order valence-electron chi connectivity index (χ0n) is 11.0. The third-order valence-electron chi connectivity index (χ3n) is 3.20. The molecule has 0 amide bonds. The molecule has 7 nitrogen and oxygen atoms in total. The van der Waals surface area contributed by atoms with Crippen LogP contribution >= 0.6 is 0 Å². The highest BCUT2D eigenvalue weighted by atomic mass is 19.1. The molecule has 0 saturated heterocycles. The maximum Gasteiger partial charge on any atom is 0.201 e. The van der Waals surface area contributed by atoms with Crippen molar-refractivity contribution in [3.8, 4) is 0 Å². The maximum atomic E-state index is 14.0. The number of hydrogen-bond donors (Lipinski definition) is 4. The van der Waals surface area contributed by atoms with Gasteiger partial charge in [0.1, 0.15) is 17.8 Å². The van der Waals surface area contributed by atoms with Gasteiger partial charge in [0, 0.05) is 6.20 Å². The third-order valence-corrected chi connectivity index (χ3v) is 3.20. The Hall–Kier alpha value is -3.07. The van der Waals surface area contributed by atoms with Gasteiger partial charge in [-0.05, 0) is 12.1 Å². The number of nitrogen functional groups attached to an aromatic ring is 2. The molecule has 0 radical (unpaired) electrons. The highest BCUT2D eigenvalue weighted by molar-refractivity contribution is 6.18. The van der Waals surface area contributed by atoms with Crippen LogP contribution in [0, 0.1) is 11.6 Å². The van der Waals surface area contributed by atoms with Crippen molar-refractivity contribution in [2.75, 3.05) is 11.2 Å². The Morgan fingerprint density at radius 2 is 2.05 bits per heavy atom. The monoisotopic (exact) mass is 304 g/mol. The Kier molecular flexibility index (Phi) is 3.18. The van der Waals surface area contributed by atoms with Crippen molar-refractivity contribution in [3.63, 3.8) is 0 Å². The van der Waals surface area contributed by atoms with E-state index in [0.717, 1.165) is 12.1 Å². The van der Waals surface area contributed by atoms with E-state index in [1.807, 2.05) is 0 Å². The summed E-state index contributed by atoms with van der Waals surface area (Å²) in [5.74, 6) is 2.47. The predicted octanol–water partition coefficient (Wildman–Crippen LogP) is 1.33. The number of anilines is 2. The van der Waals surface area contributed by atoms with Gasteiger partial charge in [0.15, 0.2) is 11.6 Å². The van der Waals surface area contributed by atoms with Crippen LogP contribution < -0.4 is 17.0 Å². The average Bonchev–Trinajstić information content (AvgIpc) is 2.95. The molecule has 22 heavy (non-hydrogen) atoms. The van der Waals surface area contributed by atoms with Gasteiger partial charge in [0.25, 0.3) is 0 Å². The third kappa shape index (κ3) is 1.95. The predicted molar refractivity (Wildman–Crippen MR) is 75.9 cm³/mol. The van der Waals surface area contributed by atoms with Crippen LogP contribution in [0.4, 0.5) is 20.3 Å². The number of hydrogen-bond acceptors (Lipinski definition) is 6. The van der Waals surface area contributed by atoms with Gasteiger partial charge in [-0.3, -0.25) is 4.79 Å². The van der Waals surface area contributed by atoms with Crippen LogP contribution in [-0.4, -0.2) is 20.7 Å². The molecule has 0 aliphatic rings. The number of fused-ring (bicyclic) bond motifs is 1. The zero-order chi connectivity index (χ0) is 15.9. The van der Waals surface area contributed by atoms with E-state index in [-0.39, 0.29) is 22.5 Å². The van der Waals surface area contributed by atoms with Gasteiger partial charge >= 0.3 is 0 Å². The quantitative estimate of drug-likeness (QED) is 0.250. The molecule has 2 heterocycles. The Labute approximate surface area is 122 Å². The number of nitrogens with zero attached hydrogens (tertiary/aromatic N) is 2. The first-order valence-electron chi connectivity index (χ1n) is 6.11. The van der Waals surface area contributed by atoms with Gasteiger partial charge in [-0.1, -0.05) is 0 Å². The van der Waals surface area contributed by atoms with Crippen molar-refractivity contribution >= 4 is 28.3 Å². The fourth-order valence-electron chi connectivity index (χ4n) is 2.16. The smallest absolute Gasteiger partial charge is 0.201 e. The minimum absolute atomic E-state index is 0.0213. The van der Waals surface area contributed by atoms with Gasteiger partial charge in [-0.25, -0.2) is 24.6 Å². The molecule has 112 valence electrons. The highest BCUT2D eigenvalue weighted by Gasteiger charge is 2.25. The molecule has 3 aromatic rings. The molecule has 0 bridgehead atoms. The topological polar surface area (TPSA) is 123 Å². The van der Waals surface area contributed by atoms with Crippen molar-refractivity contribution in [1.29, 1.82) is 0 Å². The van der Waals surface area contributed by atoms with E-state index >= 15 is 0 Å². The number of hydrazine groups is 1. The fourth-order valence-corrected chi connectivity index (χ4v) is 2.16. The lowest BCUT2D eigenvalue weighted by atomic mass is 10.0. The lowest BCUT2D eigenvalue weighted by Crippen LogP contribution is -2.12. The van der Waals surface area contributed by atoms with Crippen molar-refractivity contribution in [2.45, 2.75) is 0 Å². The number of carbonyl (C=O) groups excluding carboxylic acids is 1. The summed E-state index contributed by atoms with van der Waals surface area (Å²) < 4.78 is 27.9. The number of nitrogens with one attached hydrogen (secondary N) is 2. The van der Waals surface area contributed by atoms with E-state index in [2.05, 4.69) is 20.4 Å². The van der Waals surface area contributed by atoms with Crippen LogP contribution in [-0.2, 0) is 0 Å². The van der Waals surface area contributed by atoms with Crippen LogP contribution in [0.2, 0.25) is 0 Å². The molecule has 2 aromatic heterocycles. The van der Waals surface area contributed by atoms with Crippen LogP contribution in [0.5, 0.6) is 0 Å². The summed E-state index contributed by atoms with van der Waals surface area (Å²) in [5, 5.41) is 0.233. The molecule has 0 spiro atoms.